The number of nitrogens with zero attached hydrogens (tertiary/aromatic N) is 1. The van der Waals surface area contributed by atoms with Crippen molar-refractivity contribution in [3.05, 3.63) is 24.3 Å². The van der Waals surface area contributed by atoms with Crippen LogP contribution < -0.4 is 5.73 Å². The minimum absolute atomic E-state index is 0.0115. The van der Waals surface area contributed by atoms with E-state index in [1.807, 2.05) is 24.8 Å². The van der Waals surface area contributed by atoms with Crippen molar-refractivity contribution in [2.45, 2.75) is 48.7 Å². The molecule has 1 amide bonds. The number of hydrogen-bond acceptors (Lipinski definition) is 5. The molecule has 2 N–H and O–H groups in total. The Kier molecular flexibility index (Phi) is 6.56. The summed E-state index contributed by atoms with van der Waals surface area (Å²) in [6, 6.07) is 6.95. The van der Waals surface area contributed by atoms with Crippen LogP contribution in [-0.4, -0.2) is 49.9 Å². The molecule has 140 valence electrons. The van der Waals surface area contributed by atoms with Gasteiger partial charge in [0.05, 0.1) is 15.9 Å². The van der Waals surface area contributed by atoms with Gasteiger partial charge >= 0.3 is 0 Å². The van der Waals surface area contributed by atoms with Crippen LogP contribution in [0.1, 0.15) is 33.6 Å². The number of benzene rings is 1. The summed E-state index contributed by atoms with van der Waals surface area (Å²) >= 11 is 1.32. The molecule has 1 aromatic rings. The van der Waals surface area contributed by atoms with Gasteiger partial charge < -0.3 is 10.6 Å². The van der Waals surface area contributed by atoms with E-state index in [0.29, 0.717) is 35.8 Å². The van der Waals surface area contributed by atoms with Crippen LogP contribution >= 0.6 is 11.8 Å². The molecular formula is C18H28N2O3S2. The average molecular weight is 385 g/mol. The minimum atomic E-state index is -3.32. The van der Waals surface area contributed by atoms with Crippen LogP contribution in [0.5, 0.6) is 0 Å². The van der Waals surface area contributed by atoms with Crippen molar-refractivity contribution in [2.24, 2.45) is 11.1 Å². The van der Waals surface area contributed by atoms with E-state index in [0.717, 1.165) is 6.42 Å². The second-order valence-corrected chi connectivity index (χ2v) is 10.5. The predicted octanol–water partition coefficient (Wildman–Crippen LogP) is 2.55. The number of nitrogens with two attached hydrogens (primary N) is 1. The van der Waals surface area contributed by atoms with Gasteiger partial charge in [0.25, 0.3) is 0 Å². The summed E-state index contributed by atoms with van der Waals surface area (Å²) in [5, 5.41) is -0.335. The Morgan fingerprint density at radius 1 is 1.40 bits per heavy atom. The number of hydrogen-bond donors (Lipinski definition) is 1. The Bertz CT molecular complexity index is 721. The topological polar surface area (TPSA) is 80.5 Å². The van der Waals surface area contributed by atoms with E-state index in [9.17, 15) is 13.2 Å². The Morgan fingerprint density at radius 3 is 2.68 bits per heavy atom. The second kappa shape index (κ2) is 8.10. The van der Waals surface area contributed by atoms with Crippen molar-refractivity contribution in [3.8, 4) is 0 Å². The molecule has 2 unspecified atom stereocenters. The first-order chi connectivity index (χ1) is 11.7. The maximum atomic E-state index is 12.8. The van der Waals surface area contributed by atoms with Crippen molar-refractivity contribution in [1.29, 1.82) is 0 Å². The Labute approximate surface area is 155 Å². The molecule has 0 aliphatic carbocycles. The summed E-state index contributed by atoms with van der Waals surface area (Å²) in [5.74, 6) is 0.165. The Hall–Kier alpha value is -1.05. The van der Waals surface area contributed by atoms with Gasteiger partial charge in [0.1, 0.15) is 0 Å². The summed E-state index contributed by atoms with van der Waals surface area (Å²) in [6.45, 7) is 7.74. The molecule has 5 nitrogen and oxygen atoms in total. The van der Waals surface area contributed by atoms with Gasteiger partial charge in [0, 0.05) is 18.0 Å². The normalized spacial score (nSPS) is 22.2. The highest BCUT2D eigenvalue weighted by molar-refractivity contribution is 8.01. The molecule has 2 atom stereocenters. The number of thioether (sulfide) groups is 1. The first kappa shape index (κ1) is 20.3. The average Bonchev–Trinajstić information content (AvgIpc) is 2.97. The molecule has 0 aromatic heterocycles. The minimum Gasteiger partial charge on any atom is -0.341 e. The van der Waals surface area contributed by atoms with E-state index in [4.69, 9.17) is 5.73 Å². The van der Waals surface area contributed by atoms with Gasteiger partial charge in [-0.05, 0) is 43.9 Å². The molecule has 1 aliphatic heterocycles. The van der Waals surface area contributed by atoms with Crippen LogP contribution in [0.25, 0.3) is 0 Å². The summed E-state index contributed by atoms with van der Waals surface area (Å²) in [5.41, 5.74) is 5.80. The van der Waals surface area contributed by atoms with Gasteiger partial charge in [-0.1, -0.05) is 26.0 Å². The number of likely N-dealkylation sites (tertiary alicyclic amines) is 1. The summed E-state index contributed by atoms with van der Waals surface area (Å²) in [4.78, 5) is 15.6. The molecule has 1 heterocycles. The fraction of sp³-hybridized carbons (Fsp3) is 0.611. The zero-order valence-electron chi connectivity index (χ0n) is 15.2. The van der Waals surface area contributed by atoms with Gasteiger partial charge in [-0.2, -0.15) is 0 Å². The first-order valence-corrected chi connectivity index (χ1v) is 11.2. The molecule has 1 aromatic carbocycles. The maximum Gasteiger partial charge on any atom is 0.235 e. The fourth-order valence-corrected chi connectivity index (χ4v) is 5.97. The van der Waals surface area contributed by atoms with Crippen LogP contribution in [0.2, 0.25) is 0 Å². The van der Waals surface area contributed by atoms with E-state index in [-0.39, 0.29) is 22.3 Å². The highest BCUT2D eigenvalue weighted by Crippen LogP contribution is 2.34. The molecule has 0 radical (unpaired) electrons. The first-order valence-electron chi connectivity index (χ1n) is 8.70. The quantitative estimate of drug-likeness (QED) is 0.731. The number of sulfone groups is 1. The van der Waals surface area contributed by atoms with E-state index < -0.39 is 9.84 Å². The van der Waals surface area contributed by atoms with Crippen molar-refractivity contribution < 1.29 is 13.2 Å². The summed E-state index contributed by atoms with van der Waals surface area (Å²) < 4.78 is 24.9. The molecule has 25 heavy (non-hydrogen) atoms. The lowest BCUT2D eigenvalue weighted by molar-refractivity contribution is -0.129. The molecule has 1 fully saturated rings. The zero-order valence-corrected chi connectivity index (χ0v) is 16.8. The van der Waals surface area contributed by atoms with E-state index in [1.165, 1.54) is 11.8 Å². The predicted molar refractivity (Wildman–Crippen MR) is 102 cm³/mol. The van der Waals surface area contributed by atoms with Crippen LogP contribution in [0.15, 0.2) is 34.1 Å². The Balaban J connectivity index is 2.14. The lowest BCUT2D eigenvalue weighted by atomic mass is 9.90. The van der Waals surface area contributed by atoms with Gasteiger partial charge in [-0.25, -0.2) is 8.42 Å². The number of carbonyl (C=O) groups is 1. The maximum absolute atomic E-state index is 12.8. The lowest BCUT2D eigenvalue weighted by Crippen LogP contribution is -2.38. The summed E-state index contributed by atoms with van der Waals surface area (Å²) in [7, 11) is -3.32. The highest BCUT2D eigenvalue weighted by atomic mass is 32.2. The number of amides is 1. The molecule has 0 spiro atoms. The molecule has 7 heteroatoms. The standard InChI is InChI=1S/C18H28N2O3S2/c1-4-11-25(22,23)16-8-6-5-7-15(16)24-14(2)17(21)20-10-9-18(3,12-19)13-20/h5-8,14H,4,9-13,19H2,1-3H3. The van der Waals surface area contributed by atoms with Gasteiger partial charge in [-0.3, -0.25) is 4.79 Å². The van der Waals surface area contributed by atoms with Gasteiger partial charge in [-0.15, -0.1) is 11.8 Å². The zero-order chi connectivity index (χ0) is 18.7. The monoisotopic (exact) mass is 384 g/mol. The van der Waals surface area contributed by atoms with Crippen molar-refractivity contribution in [2.75, 3.05) is 25.4 Å². The molecule has 1 saturated heterocycles. The van der Waals surface area contributed by atoms with Crippen LogP contribution in [0, 0.1) is 5.41 Å². The van der Waals surface area contributed by atoms with Gasteiger partial charge in [0.15, 0.2) is 9.84 Å². The summed E-state index contributed by atoms with van der Waals surface area (Å²) in [6.07, 6.45) is 1.48. The second-order valence-electron chi connectivity index (χ2n) is 7.05. The fourth-order valence-electron chi connectivity index (χ4n) is 3.06. The SMILES string of the molecule is CCCS(=O)(=O)c1ccccc1SC(C)C(=O)N1CCC(C)(CN)C1. The third-order valence-electron chi connectivity index (χ3n) is 4.67. The third kappa shape index (κ3) is 4.77. The molecule has 2 rings (SSSR count). The van der Waals surface area contributed by atoms with Crippen molar-refractivity contribution in [1.82, 2.24) is 4.90 Å². The van der Waals surface area contributed by atoms with Crippen molar-refractivity contribution >= 4 is 27.5 Å². The van der Waals surface area contributed by atoms with Crippen LogP contribution in [0.4, 0.5) is 0 Å². The molecular weight excluding hydrogens is 356 g/mol. The van der Waals surface area contributed by atoms with E-state index in [2.05, 4.69) is 6.92 Å². The largest absolute Gasteiger partial charge is 0.341 e. The van der Waals surface area contributed by atoms with Crippen LogP contribution in [0.3, 0.4) is 0 Å². The van der Waals surface area contributed by atoms with Crippen molar-refractivity contribution in [3.63, 3.8) is 0 Å². The van der Waals surface area contributed by atoms with Gasteiger partial charge in [0.2, 0.25) is 5.91 Å². The third-order valence-corrected chi connectivity index (χ3v) is 7.94. The lowest BCUT2D eigenvalue weighted by Gasteiger charge is -2.24. The highest BCUT2D eigenvalue weighted by Gasteiger charge is 2.36. The molecule has 0 bridgehead atoms. The molecule has 0 saturated carbocycles. The molecule has 1 aliphatic rings. The van der Waals surface area contributed by atoms with E-state index >= 15 is 0 Å². The van der Waals surface area contributed by atoms with E-state index in [1.54, 1.807) is 18.2 Å². The smallest absolute Gasteiger partial charge is 0.235 e. The Morgan fingerprint density at radius 2 is 2.08 bits per heavy atom. The van der Waals surface area contributed by atoms with Crippen LogP contribution in [-0.2, 0) is 14.6 Å². The number of rotatable bonds is 7. The number of carbonyl (C=O) groups excluding carboxylic acids is 1.